The van der Waals surface area contributed by atoms with Gasteiger partial charge in [0.1, 0.15) is 11.5 Å². The first kappa shape index (κ1) is 11.3. The molecule has 100 valence electrons. The van der Waals surface area contributed by atoms with Gasteiger partial charge < -0.3 is 9.31 Å². The lowest BCUT2D eigenvalue weighted by atomic mass is 9.68. The quantitative estimate of drug-likeness (QED) is 0.624. The Hall–Kier alpha value is -2.42. The summed E-state index contributed by atoms with van der Waals surface area (Å²) >= 11 is 0. The molecule has 3 aromatic carbocycles. The summed E-state index contributed by atoms with van der Waals surface area (Å²) in [7, 11) is -0.222. The third-order valence-electron chi connectivity index (χ3n) is 4.53. The molecule has 1 heterocycles. The van der Waals surface area contributed by atoms with E-state index in [9.17, 15) is 0 Å². The van der Waals surface area contributed by atoms with Crippen molar-refractivity contribution in [1.82, 2.24) is 0 Å². The van der Waals surface area contributed by atoms with Crippen LogP contribution in [-0.2, 0) is 6.42 Å². The Morgan fingerprint density at radius 2 is 1.52 bits per heavy atom. The lowest BCUT2D eigenvalue weighted by molar-refractivity contribution is 0.475. The summed E-state index contributed by atoms with van der Waals surface area (Å²) in [6.45, 7) is 0. The van der Waals surface area contributed by atoms with Crippen LogP contribution in [-0.4, -0.2) is 7.12 Å². The molecule has 1 atom stereocenters. The molecule has 1 unspecified atom stereocenters. The molecule has 0 saturated heterocycles. The summed E-state index contributed by atoms with van der Waals surface area (Å²) in [5.41, 5.74) is 2.75. The zero-order chi connectivity index (χ0) is 13.8. The molecule has 3 aromatic rings. The van der Waals surface area contributed by atoms with Crippen molar-refractivity contribution in [3.63, 3.8) is 0 Å². The van der Waals surface area contributed by atoms with Crippen molar-refractivity contribution < 1.29 is 9.31 Å². The van der Waals surface area contributed by atoms with Gasteiger partial charge in [-0.2, -0.15) is 0 Å². The molecule has 1 aliphatic carbocycles. The fourth-order valence-electron chi connectivity index (χ4n) is 3.60. The Labute approximate surface area is 123 Å². The molecular weight excluding hydrogens is 259 g/mol. The number of benzene rings is 3. The second-order valence-electron chi connectivity index (χ2n) is 5.72. The molecule has 1 aliphatic heterocycles. The van der Waals surface area contributed by atoms with Crippen LogP contribution in [0, 0.1) is 0 Å². The molecule has 3 heteroatoms. The van der Waals surface area contributed by atoms with Gasteiger partial charge in [0.05, 0.1) is 5.82 Å². The molecule has 0 aromatic heterocycles. The van der Waals surface area contributed by atoms with Gasteiger partial charge in [-0.1, -0.05) is 48.5 Å². The van der Waals surface area contributed by atoms with Crippen LogP contribution >= 0.6 is 0 Å². The summed E-state index contributed by atoms with van der Waals surface area (Å²) < 4.78 is 12.1. The standard InChI is InChI=1S/C18H13BO2/c1-2-10-17-16(9-1)20-19(21-17)15-11-13-7-3-5-12-6-4-8-14(15)18(12)13/h1-10,15H,11H2. The lowest BCUT2D eigenvalue weighted by Gasteiger charge is -2.13. The van der Waals surface area contributed by atoms with Crippen LogP contribution in [0.5, 0.6) is 11.5 Å². The van der Waals surface area contributed by atoms with E-state index in [0.29, 0.717) is 0 Å². The average molecular weight is 272 g/mol. The maximum atomic E-state index is 6.03. The van der Waals surface area contributed by atoms with Crippen LogP contribution < -0.4 is 9.31 Å². The molecule has 0 spiro atoms. The molecule has 0 amide bonds. The van der Waals surface area contributed by atoms with Gasteiger partial charge in [0, 0.05) is 0 Å². The Balaban J connectivity index is 1.58. The molecule has 2 aliphatic rings. The highest BCUT2D eigenvalue weighted by Crippen LogP contribution is 2.43. The molecule has 0 N–H and O–H groups in total. The molecule has 21 heavy (non-hydrogen) atoms. The number of hydrogen-bond acceptors (Lipinski definition) is 2. The van der Waals surface area contributed by atoms with Crippen LogP contribution in [0.25, 0.3) is 10.8 Å². The second kappa shape index (κ2) is 4.04. The van der Waals surface area contributed by atoms with Crippen molar-refractivity contribution in [2.45, 2.75) is 12.2 Å². The smallest absolute Gasteiger partial charge is 0.523 e. The lowest BCUT2D eigenvalue weighted by Crippen LogP contribution is -2.33. The molecule has 2 nitrogen and oxygen atoms in total. The van der Waals surface area contributed by atoms with E-state index in [1.807, 2.05) is 24.3 Å². The van der Waals surface area contributed by atoms with Gasteiger partial charge in [-0.15, -0.1) is 0 Å². The van der Waals surface area contributed by atoms with E-state index in [2.05, 4.69) is 36.4 Å². The highest BCUT2D eigenvalue weighted by Gasteiger charge is 2.44. The molecule has 0 saturated carbocycles. The first-order valence-electron chi connectivity index (χ1n) is 7.33. The van der Waals surface area contributed by atoms with E-state index in [4.69, 9.17) is 9.31 Å². The van der Waals surface area contributed by atoms with Crippen molar-refractivity contribution in [1.29, 1.82) is 0 Å². The van der Waals surface area contributed by atoms with Gasteiger partial charge in [0.15, 0.2) is 0 Å². The largest absolute Gasteiger partial charge is 0.603 e. The fourth-order valence-corrected chi connectivity index (χ4v) is 3.60. The minimum Gasteiger partial charge on any atom is -0.523 e. The Morgan fingerprint density at radius 3 is 2.29 bits per heavy atom. The number of rotatable bonds is 1. The summed E-state index contributed by atoms with van der Waals surface area (Å²) in [5, 5.41) is 2.69. The fraction of sp³-hybridized carbons (Fsp3) is 0.111. The maximum absolute atomic E-state index is 6.03. The predicted octanol–water partition coefficient (Wildman–Crippen LogP) is 3.98. The van der Waals surface area contributed by atoms with Crippen LogP contribution in [0.15, 0.2) is 60.7 Å². The summed E-state index contributed by atoms with van der Waals surface area (Å²) in [6.07, 6.45) is 0.981. The van der Waals surface area contributed by atoms with Gasteiger partial charge in [-0.25, -0.2) is 0 Å². The van der Waals surface area contributed by atoms with Crippen LogP contribution in [0.1, 0.15) is 16.9 Å². The van der Waals surface area contributed by atoms with Crippen molar-refractivity contribution in [2.75, 3.05) is 0 Å². The molecule has 0 fully saturated rings. The summed E-state index contributed by atoms with van der Waals surface area (Å²) in [6, 6.07) is 20.9. The van der Waals surface area contributed by atoms with Gasteiger partial charge in [0.25, 0.3) is 0 Å². The highest BCUT2D eigenvalue weighted by molar-refractivity contribution is 6.50. The van der Waals surface area contributed by atoms with E-state index < -0.39 is 0 Å². The van der Waals surface area contributed by atoms with Crippen molar-refractivity contribution in [3.05, 3.63) is 71.8 Å². The molecule has 5 rings (SSSR count). The average Bonchev–Trinajstić information content (AvgIpc) is 3.10. The number of fused-ring (bicyclic) bond motifs is 1. The Bertz CT molecular complexity index is 828. The first-order chi connectivity index (χ1) is 10.4. The van der Waals surface area contributed by atoms with E-state index >= 15 is 0 Å². The van der Waals surface area contributed by atoms with Gasteiger partial charge in [-0.3, -0.25) is 0 Å². The van der Waals surface area contributed by atoms with E-state index in [-0.39, 0.29) is 12.9 Å². The Kier molecular flexibility index (Phi) is 2.17. The maximum Gasteiger partial charge on any atom is 0.603 e. The van der Waals surface area contributed by atoms with Crippen LogP contribution in [0.3, 0.4) is 0 Å². The summed E-state index contributed by atoms with van der Waals surface area (Å²) in [5.74, 6) is 1.97. The van der Waals surface area contributed by atoms with Crippen LogP contribution in [0.4, 0.5) is 0 Å². The summed E-state index contributed by atoms with van der Waals surface area (Å²) in [4.78, 5) is 0. The van der Waals surface area contributed by atoms with Crippen molar-refractivity contribution >= 4 is 17.9 Å². The number of hydrogen-bond donors (Lipinski definition) is 0. The van der Waals surface area contributed by atoms with Gasteiger partial charge >= 0.3 is 7.12 Å². The van der Waals surface area contributed by atoms with Crippen molar-refractivity contribution in [2.24, 2.45) is 0 Å². The van der Waals surface area contributed by atoms with Crippen molar-refractivity contribution in [3.8, 4) is 11.5 Å². The zero-order valence-electron chi connectivity index (χ0n) is 11.5. The zero-order valence-corrected chi connectivity index (χ0v) is 11.5. The van der Waals surface area contributed by atoms with Gasteiger partial charge in [-0.05, 0) is 40.5 Å². The second-order valence-corrected chi connectivity index (χ2v) is 5.72. The Morgan fingerprint density at radius 1 is 0.810 bits per heavy atom. The van der Waals surface area contributed by atoms with Gasteiger partial charge in [0.2, 0.25) is 0 Å². The highest BCUT2D eigenvalue weighted by atomic mass is 16.6. The SMILES string of the molecule is c1ccc2c(c1)OB(C1Cc3cccc4cccc1c34)O2. The topological polar surface area (TPSA) is 18.5 Å². The normalized spacial score (nSPS) is 18.5. The number of para-hydroxylation sites is 2. The third kappa shape index (κ3) is 1.54. The van der Waals surface area contributed by atoms with E-state index in [1.54, 1.807) is 0 Å². The molecule has 0 radical (unpaired) electrons. The molecular formula is C18H13BO2. The van der Waals surface area contributed by atoms with E-state index in [1.165, 1.54) is 21.9 Å². The van der Waals surface area contributed by atoms with Crippen LogP contribution in [0.2, 0.25) is 0 Å². The first-order valence-corrected chi connectivity index (χ1v) is 7.33. The molecule has 0 bridgehead atoms. The van der Waals surface area contributed by atoms with E-state index in [0.717, 1.165) is 17.9 Å². The predicted molar refractivity (Wildman–Crippen MR) is 83.8 cm³/mol. The third-order valence-corrected chi connectivity index (χ3v) is 4.53. The monoisotopic (exact) mass is 272 g/mol. The minimum atomic E-state index is -0.222. The minimum absolute atomic E-state index is 0.222.